The van der Waals surface area contributed by atoms with Gasteiger partial charge in [0.2, 0.25) is 0 Å². The smallest absolute Gasteiger partial charge is 0.321 e. The summed E-state index contributed by atoms with van der Waals surface area (Å²) in [7, 11) is 0. The van der Waals surface area contributed by atoms with E-state index in [0.717, 1.165) is 13.1 Å². The van der Waals surface area contributed by atoms with Crippen molar-refractivity contribution in [3.05, 3.63) is 29.8 Å². The molecule has 1 atom stereocenters. The number of piperidine rings is 1. The number of hydrogen-bond acceptors (Lipinski definition) is 5. The quantitative estimate of drug-likeness (QED) is 0.636. The van der Waals surface area contributed by atoms with Crippen molar-refractivity contribution in [2.24, 2.45) is 5.92 Å². The average molecular weight is 317 g/mol. The van der Waals surface area contributed by atoms with Crippen molar-refractivity contribution in [3.8, 4) is 5.75 Å². The Hall–Kier alpha value is -1.88. The standard InChI is InChI=1S/C18H23NO4/c1-17(2,3)23-16(21)14-15(20)12-6-4-5-7-13(12)22-18(14)8-10-19-11-9-18/h4-7,14,19H,8-11H2,1-3H3. The maximum Gasteiger partial charge on any atom is 0.321 e. The third-order valence-electron chi connectivity index (χ3n) is 4.35. The zero-order chi connectivity index (χ0) is 16.7. The SMILES string of the molecule is CC(C)(C)OC(=O)C1C(=O)c2ccccc2OC12CCNCC2. The zero-order valence-electron chi connectivity index (χ0n) is 13.8. The highest BCUT2D eigenvalue weighted by atomic mass is 16.6. The van der Waals surface area contributed by atoms with Gasteiger partial charge in [-0.1, -0.05) is 12.1 Å². The molecule has 2 heterocycles. The molecule has 5 heteroatoms. The first-order chi connectivity index (χ1) is 10.8. The van der Waals surface area contributed by atoms with E-state index in [9.17, 15) is 9.59 Å². The van der Waals surface area contributed by atoms with Gasteiger partial charge in [-0.05, 0) is 46.0 Å². The molecule has 0 aliphatic carbocycles. The number of para-hydroxylation sites is 1. The molecule has 3 rings (SSSR count). The predicted molar refractivity (Wildman–Crippen MR) is 85.6 cm³/mol. The van der Waals surface area contributed by atoms with Crippen molar-refractivity contribution in [2.45, 2.75) is 44.8 Å². The fraction of sp³-hybridized carbons (Fsp3) is 0.556. The molecular weight excluding hydrogens is 294 g/mol. The normalized spacial score (nSPS) is 23.1. The predicted octanol–water partition coefficient (Wildman–Crippen LogP) is 2.34. The van der Waals surface area contributed by atoms with Crippen molar-refractivity contribution in [3.63, 3.8) is 0 Å². The van der Waals surface area contributed by atoms with E-state index in [0.29, 0.717) is 24.2 Å². The van der Waals surface area contributed by atoms with Crippen LogP contribution in [0.25, 0.3) is 0 Å². The van der Waals surface area contributed by atoms with E-state index in [1.807, 2.05) is 26.8 Å². The minimum Gasteiger partial charge on any atom is -0.485 e. The molecule has 23 heavy (non-hydrogen) atoms. The summed E-state index contributed by atoms with van der Waals surface area (Å²) in [6, 6.07) is 7.13. The third kappa shape index (κ3) is 2.98. The number of ketones is 1. The van der Waals surface area contributed by atoms with Crippen LogP contribution >= 0.6 is 0 Å². The van der Waals surface area contributed by atoms with Crippen LogP contribution in [0.4, 0.5) is 0 Å². The van der Waals surface area contributed by atoms with Crippen molar-refractivity contribution in [1.82, 2.24) is 5.32 Å². The van der Waals surface area contributed by atoms with Gasteiger partial charge in [-0.15, -0.1) is 0 Å². The molecule has 1 fully saturated rings. The number of esters is 1. The van der Waals surface area contributed by atoms with E-state index in [-0.39, 0.29) is 5.78 Å². The Morgan fingerprint density at radius 3 is 2.57 bits per heavy atom. The Bertz CT molecular complexity index is 626. The number of carbonyl (C=O) groups excluding carboxylic acids is 2. The summed E-state index contributed by atoms with van der Waals surface area (Å²) in [5.41, 5.74) is -0.978. The number of hydrogen-bond donors (Lipinski definition) is 1. The minimum absolute atomic E-state index is 0.192. The molecular formula is C18H23NO4. The first-order valence-corrected chi connectivity index (χ1v) is 8.08. The van der Waals surface area contributed by atoms with Crippen molar-refractivity contribution < 1.29 is 19.1 Å². The van der Waals surface area contributed by atoms with Crippen molar-refractivity contribution in [2.75, 3.05) is 13.1 Å². The molecule has 1 N–H and O–H groups in total. The second kappa shape index (κ2) is 5.64. The second-order valence-electron chi connectivity index (χ2n) is 7.24. The molecule has 0 amide bonds. The fourth-order valence-electron chi connectivity index (χ4n) is 3.35. The number of Topliss-reactive ketones (excluding diaryl/α,β-unsaturated/α-hetero) is 1. The summed E-state index contributed by atoms with van der Waals surface area (Å²) in [6.07, 6.45) is 1.22. The van der Waals surface area contributed by atoms with Gasteiger partial charge < -0.3 is 14.8 Å². The molecule has 0 radical (unpaired) electrons. The molecule has 0 bridgehead atoms. The van der Waals surface area contributed by atoms with Crippen LogP contribution in [0.5, 0.6) is 5.75 Å². The summed E-state index contributed by atoms with van der Waals surface area (Å²) in [4.78, 5) is 25.8. The molecule has 5 nitrogen and oxygen atoms in total. The van der Waals surface area contributed by atoms with Crippen LogP contribution in [-0.2, 0) is 9.53 Å². The number of rotatable bonds is 1. The first kappa shape index (κ1) is 16.0. The highest BCUT2D eigenvalue weighted by molar-refractivity contribution is 6.12. The largest absolute Gasteiger partial charge is 0.485 e. The maximum atomic E-state index is 13.0. The second-order valence-corrected chi connectivity index (χ2v) is 7.24. The van der Waals surface area contributed by atoms with Crippen molar-refractivity contribution >= 4 is 11.8 Å². The van der Waals surface area contributed by atoms with Crippen LogP contribution in [0.1, 0.15) is 44.0 Å². The molecule has 1 aromatic carbocycles. The zero-order valence-corrected chi connectivity index (χ0v) is 13.8. The van der Waals surface area contributed by atoms with Gasteiger partial charge in [-0.3, -0.25) is 9.59 Å². The van der Waals surface area contributed by atoms with Gasteiger partial charge in [0.15, 0.2) is 11.7 Å². The molecule has 1 unspecified atom stereocenters. The topological polar surface area (TPSA) is 64.6 Å². The van der Waals surface area contributed by atoms with Gasteiger partial charge in [0.25, 0.3) is 0 Å². The lowest BCUT2D eigenvalue weighted by atomic mass is 9.73. The summed E-state index contributed by atoms with van der Waals surface area (Å²) < 4.78 is 11.7. The maximum absolute atomic E-state index is 13.0. The third-order valence-corrected chi connectivity index (χ3v) is 4.35. The van der Waals surface area contributed by atoms with Crippen LogP contribution in [0.2, 0.25) is 0 Å². The van der Waals surface area contributed by atoms with Gasteiger partial charge in [0, 0.05) is 12.8 Å². The number of benzene rings is 1. The summed E-state index contributed by atoms with van der Waals surface area (Å²) >= 11 is 0. The van der Waals surface area contributed by atoms with Crippen LogP contribution in [0.3, 0.4) is 0 Å². The Balaban J connectivity index is 2.02. The molecule has 124 valence electrons. The van der Waals surface area contributed by atoms with E-state index < -0.39 is 23.1 Å². The van der Waals surface area contributed by atoms with Gasteiger partial charge in [-0.2, -0.15) is 0 Å². The number of ether oxygens (including phenoxy) is 2. The lowest BCUT2D eigenvalue weighted by molar-refractivity contribution is -0.166. The molecule has 2 aliphatic heterocycles. The minimum atomic E-state index is -0.904. The number of nitrogens with one attached hydrogen (secondary N) is 1. The molecule has 1 saturated heterocycles. The summed E-state index contributed by atoms with van der Waals surface area (Å²) in [5.74, 6) is -1.01. The fourth-order valence-corrected chi connectivity index (χ4v) is 3.35. The molecule has 0 saturated carbocycles. The van der Waals surface area contributed by atoms with E-state index >= 15 is 0 Å². The van der Waals surface area contributed by atoms with Gasteiger partial charge in [-0.25, -0.2) is 0 Å². The molecule has 1 aromatic rings. The Kier molecular flexibility index (Phi) is 3.92. The Morgan fingerprint density at radius 1 is 1.26 bits per heavy atom. The van der Waals surface area contributed by atoms with Gasteiger partial charge >= 0.3 is 5.97 Å². The number of carbonyl (C=O) groups is 2. The van der Waals surface area contributed by atoms with Crippen LogP contribution in [-0.4, -0.2) is 36.0 Å². The first-order valence-electron chi connectivity index (χ1n) is 8.08. The van der Waals surface area contributed by atoms with E-state index in [1.165, 1.54) is 0 Å². The summed E-state index contributed by atoms with van der Waals surface area (Å²) in [6.45, 7) is 6.86. The van der Waals surface area contributed by atoms with Crippen molar-refractivity contribution in [1.29, 1.82) is 0 Å². The van der Waals surface area contributed by atoms with E-state index in [4.69, 9.17) is 9.47 Å². The molecule has 2 aliphatic rings. The monoisotopic (exact) mass is 317 g/mol. The Morgan fingerprint density at radius 2 is 1.91 bits per heavy atom. The lowest BCUT2D eigenvalue weighted by Crippen LogP contribution is -2.59. The lowest BCUT2D eigenvalue weighted by Gasteiger charge is -2.45. The highest BCUT2D eigenvalue weighted by Gasteiger charge is 2.55. The van der Waals surface area contributed by atoms with Crippen LogP contribution in [0, 0.1) is 5.92 Å². The average Bonchev–Trinajstić information content (AvgIpc) is 2.46. The van der Waals surface area contributed by atoms with E-state index in [2.05, 4.69) is 5.32 Å². The summed E-state index contributed by atoms with van der Waals surface area (Å²) in [5, 5.41) is 3.26. The molecule has 1 spiro atoms. The Labute approximate surface area is 136 Å². The van der Waals surface area contributed by atoms with Gasteiger partial charge in [0.05, 0.1) is 5.56 Å². The molecule has 0 aromatic heterocycles. The van der Waals surface area contributed by atoms with Gasteiger partial charge in [0.1, 0.15) is 17.0 Å². The van der Waals surface area contributed by atoms with E-state index in [1.54, 1.807) is 18.2 Å². The van der Waals surface area contributed by atoms with Crippen LogP contribution < -0.4 is 10.1 Å². The van der Waals surface area contributed by atoms with Crippen LogP contribution in [0.15, 0.2) is 24.3 Å². The number of fused-ring (bicyclic) bond motifs is 1. The highest BCUT2D eigenvalue weighted by Crippen LogP contribution is 2.42.